The number of ether oxygens (including phenoxy) is 3. The number of nitrogens with zero attached hydrogens (tertiary/aromatic N) is 5. The Bertz CT molecular complexity index is 1650. The predicted octanol–water partition coefficient (Wildman–Crippen LogP) is 5.84. The highest BCUT2D eigenvalue weighted by molar-refractivity contribution is 7.11. The van der Waals surface area contributed by atoms with E-state index in [-0.39, 0.29) is 35.7 Å². The van der Waals surface area contributed by atoms with Gasteiger partial charge >= 0.3 is 0 Å². The third-order valence-corrected chi connectivity index (χ3v) is 7.27. The topological polar surface area (TPSA) is 110 Å². The molecular weight excluding hydrogens is 526 g/mol. The van der Waals surface area contributed by atoms with Gasteiger partial charge in [-0.05, 0) is 38.0 Å². The molecule has 0 radical (unpaired) electrons. The van der Waals surface area contributed by atoms with E-state index in [9.17, 15) is 4.39 Å². The van der Waals surface area contributed by atoms with E-state index in [0.29, 0.717) is 35.5 Å². The average molecular weight is 551 g/mol. The summed E-state index contributed by atoms with van der Waals surface area (Å²) in [5.41, 5.74) is 7.75. The molecule has 0 spiro atoms. The minimum Gasteiger partial charge on any atom is -0.488 e. The molecule has 0 amide bonds. The molecule has 0 bridgehead atoms. The molecule has 2 aromatic carbocycles. The summed E-state index contributed by atoms with van der Waals surface area (Å²) in [6.07, 6.45) is 4.67. The lowest BCUT2D eigenvalue weighted by Crippen LogP contribution is -2.20. The summed E-state index contributed by atoms with van der Waals surface area (Å²) in [5.74, 6) is -0.678. The van der Waals surface area contributed by atoms with Crippen LogP contribution in [0.3, 0.4) is 0 Å². The van der Waals surface area contributed by atoms with Gasteiger partial charge in [0.05, 0.1) is 21.3 Å². The van der Waals surface area contributed by atoms with Gasteiger partial charge in [-0.3, -0.25) is 0 Å². The lowest BCUT2D eigenvalue weighted by molar-refractivity contribution is 0.0674. The van der Waals surface area contributed by atoms with Gasteiger partial charge in [0.2, 0.25) is 0 Å². The fraction of sp³-hybridized carbons (Fsp3) is 0.259. The van der Waals surface area contributed by atoms with Crippen molar-refractivity contribution in [2.75, 3.05) is 18.9 Å². The van der Waals surface area contributed by atoms with Gasteiger partial charge in [0.25, 0.3) is 0 Å². The average Bonchev–Trinajstić information content (AvgIpc) is 3.53. The molecule has 0 aliphatic carbocycles. The van der Waals surface area contributed by atoms with Crippen molar-refractivity contribution in [3.63, 3.8) is 0 Å². The summed E-state index contributed by atoms with van der Waals surface area (Å²) in [6, 6.07) is 8.44. The van der Waals surface area contributed by atoms with Crippen LogP contribution in [-0.2, 0) is 11.3 Å². The zero-order valence-electron chi connectivity index (χ0n) is 20.9. The van der Waals surface area contributed by atoms with Crippen LogP contribution in [0, 0.1) is 18.6 Å². The van der Waals surface area contributed by atoms with Gasteiger partial charge in [-0.25, -0.2) is 28.4 Å². The molecule has 0 unspecified atom stereocenters. The molecule has 1 saturated heterocycles. The monoisotopic (exact) mass is 550 g/mol. The van der Waals surface area contributed by atoms with Crippen LogP contribution in [0.25, 0.3) is 22.3 Å². The molecule has 200 valence electrons. The second kappa shape index (κ2) is 10.5. The zero-order chi connectivity index (χ0) is 26.9. The van der Waals surface area contributed by atoms with E-state index in [1.807, 2.05) is 11.6 Å². The molecule has 0 saturated carbocycles. The quantitative estimate of drug-likeness (QED) is 0.269. The number of benzene rings is 2. The first-order valence-electron chi connectivity index (χ1n) is 12.3. The van der Waals surface area contributed by atoms with Crippen LogP contribution in [0.5, 0.6) is 17.2 Å². The standard InChI is InChI=1S/C27H24F2N6O3S/c1-15-31-12-21(39-15)13-37-19-9-17(28)10-20(11-19)38-23-3-2-16(8-22(23)29)25-24-26(30)32-14-33-27(24)35(34-25)18-4-6-36-7-5-18/h2-3,8-12,14,18H,4-7,13H2,1H3,(H2,30,32,33). The van der Waals surface area contributed by atoms with Crippen LogP contribution < -0.4 is 15.2 Å². The van der Waals surface area contributed by atoms with Crippen LogP contribution in [-0.4, -0.2) is 37.9 Å². The van der Waals surface area contributed by atoms with Crippen LogP contribution in [0.1, 0.15) is 28.8 Å². The molecule has 3 aromatic heterocycles. The maximum Gasteiger partial charge on any atom is 0.166 e. The molecule has 5 aromatic rings. The second-order valence-electron chi connectivity index (χ2n) is 9.10. The van der Waals surface area contributed by atoms with E-state index >= 15 is 4.39 Å². The summed E-state index contributed by atoms with van der Waals surface area (Å²) < 4.78 is 48.3. The number of aryl methyl sites for hydroxylation is 1. The predicted molar refractivity (Wildman–Crippen MR) is 142 cm³/mol. The number of nitrogen functional groups attached to an aromatic ring is 1. The second-order valence-corrected chi connectivity index (χ2v) is 10.4. The van der Waals surface area contributed by atoms with Gasteiger partial charge in [-0.15, -0.1) is 11.3 Å². The highest BCUT2D eigenvalue weighted by Gasteiger charge is 2.24. The van der Waals surface area contributed by atoms with Gasteiger partial charge in [0.1, 0.15) is 41.8 Å². The first kappa shape index (κ1) is 25.1. The van der Waals surface area contributed by atoms with Gasteiger partial charge < -0.3 is 19.9 Å². The van der Waals surface area contributed by atoms with E-state index < -0.39 is 11.6 Å². The SMILES string of the molecule is Cc1ncc(COc2cc(F)cc(Oc3ccc(-c4nn(C5CCOCC5)c5ncnc(N)c45)cc3F)c2)s1. The number of hydrogen-bond donors (Lipinski definition) is 1. The number of anilines is 1. The van der Waals surface area contributed by atoms with Crippen molar-refractivity contribution in [1.29, 1.82) is 0 Å². The van der Waals surface area contributed by atoms with Crippen molar-refractivity contribution in [2.24, 2.45) is 0 Å². The Hall–Kier alpha value is -4.16. The number of fused-ring (bicyclic) bond motifs is 1. The normalized spacial score (nSPS) is 14.1. The van der Waals surface area contributed by atoms with Gasteiger partial charge in [0.15, 0.2) is 17.2 Å². The highest BCUT2D eigenvalue weighted by atomic mass is 32.1. The van der Waals surface area contributed by atoms with Crippen molar-refractivity contribution in [3.05, 3.63) is 70.4 Å². The summed E-state index contributed by atoms with van der Waals surface area (Å²) in [6.45, 7) is 3.38. The summed E-state index contributed by atoms with van der Waals surface area (Å²) in [7, 11) is 0. The minimum absolute atomic E-state index is 0.0780. The molecule has 9 nitrogen and oxygen atoms in total. The van der Waals surface area contributed by atoms with Crippen molar-refractivity contribution in [3.8, 4) is 28.5 Å². The fourth-order valence-corrected chi connectivity index (χ4v) is 5.25. The largest absolute Gasteiger partial charge is 0.488 e. The third kappa shape index (κ3) is 5.25. The molecule has 39 heavy (non-hydrogen) atoms. The van der Waals surface area contributed by atoms with Crippen molar-refractivity contribution in [2.45, 2.75) is 32.4 Å². The lowest BCUT2D eigenvalue weighted by atomic mass is 10.1. The third-order valence-electron chi connectivity index (χ3n) is 6.38. The molecule has 4 heterocycles. The zero-order valence-corrected chi connectivity index (χ0v) is 21.8. The number of halogens is 2. The number of hydrogen-bond acceptors (Lipinski definition) is 9. The maximum atomic E-state index is 15.3. The van der Waals surface area contributed by atoms with Crippen LogP contribution >= 0.6 is 11.3 Å². The van der Waals surface area contributed by atoms with E-state index in [2.05, 4.69) is 15.0 Å². The van der Waals surface area contributed by atoms with Gasteiger partial charge in [-0.2, -0.15) is 5.10 Å². The number of aromatic nitrogens is 5. The van der Waals surface area contributed by atoms with Gasteiger partial charge in [0, 0.05) is 43.2 Å². The number of rotatable bonds is 7. The summed E-state index contributed by atoms with van der Waals surface area (Å²) in [5, 5.41) is 6.24. The van der Waals surface area contributed by atoms with Gasteiger partial charge in [-0.1, -0.05) is 0 Å². The Morgan fingerprint density at radius 1 is 1.08 bits per heavy atom. The molecule has 1 aliphatic rings. The first-order valence-corrected chi connectivity index (χ1v) is 13.1. The summed E-state index contributed by atoms with van der Waals surface area (Å²) >= 11 is 1.49. The Balaban J connectivity index is 1.27. The van der Waals surface area contributed by atoms with Crippen molar-refractivity contribution < 1.29 is 23.0 Å². The Morgan fingerprint density at radius 3 is 2.67 bits per heavy atom. The molecule has 12 heteroatoms. The lowest BCUT2D eigenvalue weighted by Gasteiger charge is -2.22. The van der Waals surface area contributed by atoms with Crippen LogP contribution in [0.15, 0.2) is 48.9 Å². The molecular formula is C27H24F2N6O3S. The van der Waals surface area contributed by atoms with Crippen molar-refractivity contribution >= 4 is 28.2 Å². The molecule has 6 rings (SSSR count). The Morgan fingerprint density at radius 2 is 1.90 bits per heavy atom. The Kier molecular flexibility index (Phi) is 6.79. The number of thiazole rings is 1. The maximum absolute atomic E-state index is 15.3. The van der Waals surface area contributed by atoms with E-state index in [1.165, 1.54) is 41.9 Å². The molecule has 0 atom stereocenters. The van der Waals surface area contributed by atoms with Crippen LogP contribution in [0.4, 0.5) is 14.6 Å². The molecule has 1 aliphatic heterocycles. The van der Waals surface area contributed by atoms with E-state index in [1.54, 1.807) is 12.3 Å². The molecule has 2 N–H and O–H groups in total. The minimum atomic E-state index is -0.649. The fourth-order valence-electron chi connectivity index (χ4n) is 4.55. The number of nitrogens with two attached hydrogens (primary N) is 1. The van der Waals surface area contributed by atoms with E-state index in [4.69, 9.17) is 25.0 Å². The Labute approximate surface area is 226 Å². The van der Waals surface area contributed by atoms with Crippen molar-refractivity contribution in [1.82, 2.24) is 24.7 Å². The highest BCUT2D eigenvalue weighted by Crippen LogP contribution is 2.36. The van der Waals surface area contributed by atoms with E-state index in [0.717, 1.165) is 28.8 Å². The smallest absolute Gasteiger partial charge is 0.166 e. The molecule has 1 fully saturated rings. The summed E-state index contributed by atoms with van der Waals surface area (Å²) in [4.78, 5) is 13.6. The van der Waals surface area contributed by atoms with Crippen LogP contribution in [0.2, 0.25) is 0 Å². The first-order chi connectivity index (χ1) is 18.9.